The van der Waals surface area contributed by atoms with Gasteiger partial charge in [-0.1, -0.05) is 78.9 Å². The van der Waals surface area contributed by atoms with E-state index < -0.39 is 0 Å². The summed E-state index contributed by atoms with van der Waals surface area (Å²) in [4.78, 5) is 0.757. The van der Waals surface area contributed by atoms with E-state index in [2.05, 4.69) is 72.1 Å². The summed E-state index contributed by atoms with van der Waals surface area (Å²) in [5, 5.41) is 8.55. The predicted molar refractivity (Wildman–Crippen MR) is 128 cm³/mol. The Morgan fingerprint density at radius 1 is 0.655 bits per heavy atom. The molecular formula is C27H17NS. The zero-order chi connectivity index (χ0) is 19.4. The molecule has 29 heavy (non-hydrogen) atoms. The molecule has 0 unspecified atom stereocenters. The van der Waals surface area contributed by atoms with Gasteiger partial charge in [0.15, 0.2) is 0 Å². The summed E-state index contributed by atoms with van der Waals surface area (Å²) in [5.74, 6) is 0. The highest BCUT2D eigenvalue weighted by atomic mass is 32.1. The van der Waals surface area contributed by atoms with Crippen LogP contribution in [0, 0.1) is 0 Å². The molecule has 0 bridgehead atoms. The van der Waals surface area contributed by atoms with Gasteiger partial charge in [0.2, 0.25) is 0 Å². The Hall–Kier alpha value is -3.49. The van der Waals surface area contributed by atoms with Crippen molar-refractivity contribution < 1.29 is 0 Å². The number of nitrogens with one attached hydrogen (secondary N) is 1. The van der Waals surface area contributed by atoms with Gasteiger partial charge in [0, 0.05) is 11.3 Å². The number of anilines is 1. The van der Waals surface area contributed by atoms with E-state index >= 15 is 0 Å². The van der Waals surface area contributed by atoms with Crippen LogP contribution in [0.15, 0.2) is 102 Å². The molecule has 1 nitrogen and oxygen atoms in total. The summed E-state index contributed by atoms with van der Waals surface area (Å²) in [7, 11) is 0. The topological polar surface area (TPSA) is 12.0 Å². The smallest absolute Gasteiger partial charge is 0.111 e. The highest BCUT2D eigenvalue weighted by Gasteiger charge is 2.25. The second-order valence-electron chi connectivity index (χ2n) is 7.49. The van der Waals surface area contributed by atoms with Gasteiger partial charge in [0.25, 0.3) is 0 Å². The molecule has 0 saturated carbocycles. The Kier molecular flexibility index (Phi) is 3.56. The average molecular weight is 388 g/mol. The minimum Gasteiger partial charge on any atom is -0.346 e. The molecule has 1 N–H and O–H groups in total. The quantitative estimate of drug-likeness (QED) is 0.289. The standard InChI is InChI=1S/C27H17NS/c29-27(28-20-7-2-1-3-8-20)19-14-18-15-26-23-11-10-17-6-4-5-9-21(17)22(23)12-13-24(26)25(18)16-19/h1-16H,(H,28,29). The van der Waals surface area contributed by atoms with Crippen LogP contribution in [0.4, 0.5) is 5.69 Å². The molecule has 0 amide bonds. The summed E-state index contributed by atoms with van der Waals surface area (Å²) in [5.41, 5.74) is 7.19. The van der Waals surface area contributed by atoms with Crippen molar-refractivity contribution in [1.82, 2.24) is 0 Å². The first-order chi connectivity index (χ1) is 14.3. The fraction of sp³-hybridized carbons (Fsp3) is 0. The molecule has 0 fully saturated rings. The largest absolute Gasteiger partial charge is 0.346 e. The average Bonchev–Trinajstić information content (AvgIpc) is 3.32. The third-order valence-electron chi connectivity index (χ3n) is 5.77. The van der Waals surface area contributed by atoms with Gasteiger partial charge in [-0.25, -0.2) is 0 Å². The van der Waals surface area contributed by atoms with Crippen LogP contribution in [0.3, 0.4) is 0 Å². The summed E-state index contributed by atoms with van der Waals surface area (Å²) in [6.45, 7) is 0. The van der Waals surface area contributed by atoms with Crippen molar-refractivity contribution in [2.24, 2.45) is 0 Å². The van der Waals surface area contributed by atoms with Crippen LogP contribution >= 0.6 is 12.2 Å². The lowest BCUT2D eigenvalue weighted by atomic mass is 9.95. The second-order valence-corrected chi connectivity index (χ2v) is 7.89. The van der Waals surface area contributed by atoms with Crippen molar-refractivity contribution in [3.05, 3.63) is 113 Å². The molecule has 0 aromatic heterocycles. The van der Waals surface area contributed by atoms with Crippen molar-refractivity contribution in [1.29, 1.82) is 0 Å². The lowest BCUT2D eigenvalue weighted by Gasteiger charge is -2.09. The highest BCUT2D eigenvalue weighted by molar-refractivity contribution is 7.81. The van der Waals surface area contributed by atoms with Crippen molar-refractivity contribution in [2.75, 3.05) is 5.32 Å². The Morgan fingerprint density at radius 3 is 2.34 bits per heavy atom. The zero-order valence-corrected chi connectivity index (χ0v) is 16.5. The lowest BCUT2D eigenvalue weighted by molar-refractivity contribution is 1.64. The fourth-order valence-electron chi connectivity index (χ4n) is 4.39. The van der Waals surface area contributed by atoms with E-state index in [1.54, 1.807) is 0 Å². The monoisotopic (exact) mass is 387 g/mol. The lowest BCUT2D eigenvalue weighted by Crippen LogP contribution is -2.09. The molecule has 0 aliphatic heterocycles. The van der Waals surface area contributed by atoms with Gasteiger partial charge in [-0.3, -0.25) is 0 Å². The maximum absolute atomic E-state index is 5.65. The number of rotatable bonds is 2. The second kappa shape index (κ2) is 6.26. The van der Waals surface area contributed by atoms with Gasteiger partial charge in [-0.15, -0.1) is 0 Å². The Morgan fingerprint density at radius 2 is 1.45 bits per heavy atom. The van der Waals surface area contributed by atoms with E-state index in [4.69, 9.17) is 12.2 Å². The Balaban J connectivity index is 1.41. The van der Waals surface area contributed by atoms with Crippen LogP contribution < -0.4 is 5.32 Å². The maximum Gasteiger partial charge on any atom is 0.111 e. The van der Waals surface area contributed by atoms with Crippen LogP contribution in [0.25, 0.3) is 33.2 Å². The third kappa shape index (κ3) is 2.57. The first-order valence-corrected chi connectivity index (χ1v) is 10.2. The minimum absolute atomic E-state index is 0.757. The third-order valence-corrected chi connectivity index (χ3v) is 6.11. The Labute approximate surface area is 174 Å². The predicted octanol–water partition coefficient (Wildman–Crippen LogP) is 7.15. The van der Waals surface area contributed by atoms with Crippen LogP contribution in [0.5, 0.6) is 0 Å². The molecule has 2 heteroatoms. The van der Waals surface area contributed by atoms with Gasteiger partial charge in [0.05, 0.1) is 0 Å². The van der Waals surface area contributed by atoms with Crippen LogP contribution in [0.2, 0.25) is 0 Å². The number of thiocarbonyl (C=S) groups is 1. The Bertz CT molecular complexity index is 1420. The molecular weight excluding hydrogens is 370 g/mol. The van der Waals surface area contributed by atoms with E-state index in [1.165, 1.54) is 43.8 Å². The van der Waals surface area contributed by atoms with Gasteiger partial charge in [-0.05, 0) is 74.2 Å². The van der Waals surface area contributed by atoms with E-state index in [-0.39, 0.29) is 0 Å². The highest BCUT2D eigenvalue weighted by Crippen LogP contribution is 2.44. The molecule has 2 aliphatic rings. The summed E-state index contributed by atoms with van der Waals surface area (Å²) in [6.07, 6.45) is 6.71. The van der Waals surface area contributed by atoms with Crippen LogP contribution in [-0.4, -0.2) is 4.99 Å². The van der Waals surface area contributed by atoms with Gasteiger partial charge in [0.1, 0.15) is 4.99 Å². The van der Waals surface area contributed by atoms with Gasteiger partial charge in [-0.2, -0.15) is 0 Å². The van der Waals surface area contributed by atoms with Crippen molar-refractivity contribution >= 4 is 56.1 Å². The summed E-state index contributed by atoms with van der Waals surface area (Å²) >= 11 is 5.65. The molecule has 136 valence electrons. The number of hydrogen-bond donors (Lipinski definition) is 1. The number of fused-ring (bicyclic) bond motifs is 7. The van der Waals surface area contributed by atoms with Crippen molar-refractivity contribution in [2.45, 2.75) is 0 Å². The molecule has 0 atom stereocenters. The van der Waals surface area contributed by atoms with Crippen LogP contribution in [0.1, 0.15) is 11.1 Å². The van der Waals surface area contributed by atoms with E-state index in [0.717, 1.165) is 16.2 Å². The van der Waals surface area contributed by atoms with Gasteiger partial charge < -0.3 is 5.32 Å². The summed E-state index contributed by atoms with van der Waals surface area (Å²) < 4.78 is 0. The normalized spacial score (nSPS) is 14.3. The van der Waals surface area contributed by atoms with E-state index in [1.807, 2.05) is 30.3 Å². The minimum atomic E-state index is 0.757. The molecule has 4 aromatic carbocycles. The molecule has 0 radical (unpaired) electrons. The van der Waals surface area contributed by atoms with Crippen LogP contribution in [-0.2, 0) is 0 Å². The first-order valence-electron chi connectivity index (χ1n) is 9.75. The molecule has 0 spiro atoms. The maximum atomic E-state index is 5.65. The van der Waals surface area contributed by atoms with Crippen molar-refractivity contribution in [3.63, 3.8) is 0 Å². The number of benzene rings is 4. The zero-order valence-electron chi connectivity index (χ0n) is 15.6. The number of para-hydroxylation sites is 1. The molecule has 6 rings (SSSR count). The SMILES string of the molecule is S=C(Nc1ccccc1)C1=CC2=Cc3c(ccc4c3ccc3ccccc34)C2=C1. The molecule has 0 saturated heterocycles. The molecule has 4 aromatic rings. The van der Waals surface area contributed by atoms with E-state index in [9.17, 15) is 0 Å². The van der Waals surface area contributed by atoms with Gasteiger partial charge >= 0.3 is 0 Å². The molecule has 0 heterocycles. The number of hydrogen-bond acceptors (Lipinski definition) is 1. The first kappa shape index (κ1) is 16.5. The van der Waals surface area contributed by atoms with E-state index in [0.29, 0.717) is 0 Å². The van der Waals surface area contributed by atoms with Crippen molar-refractivity contribution in [3.8, 4) is 0 Å². The number of allylic oxidation sites excluding steroid dienone is 3. The molecule has 2 aliphatic carbocycles. The fourth-order valence-corrected chi connectivity index (χ4v) is 4.63. The summed E-state index contributed by atoms with van der Waals surface area (Å²) in [6, 6.07) is 27.6.